The van der Waals surface area contributed by atoms with E-state index in [4.69, 9.17) is 0 Å². The number of amides is 1. The molecule has 1 aromatic heterocycles. The summed E-state index contributed by atoms with van der Waals surface area (Å²) in [5, 5.41) is 10.6. The molecule has 1 aromatic carbocycles. The number of aryl methyl sites for hydroxylation is 1. The molecule has 1 fully saturated rings. The maximum Gasteiger partial charge on any atom is 0.273 e. The van der Waals surface area contributed by atoms with Crippen molar-refractivity contribution in [2.24, 2.45) is 0 Å². The third-order valence-electron chi connectivity index (χ3n) is 4.27. The van der Waals surface area contributed by atoms with Gasteiger partial charge in [-0.05, 0) is 31.0 Å². The average molecular weight is 348 g/mol. The number of H-pyrrole nitrogens is 1. The fourth-order valence-electron chi connectivity index (χ4n) is 2.90. The number of nitrogens with one attached hydrogen (secondary N) is 2. The van der Waals surface area contributed by atoms with Crippen LogP contribution in [0, 0.1) is 11.6 Å². The Morgan fingerprint density at radius 2 is 1.96 bits per heavy atom. The van der Waals surface area contributed by atoms with Crippen LogP contribution in [0.25, 0.3) is 11.4 Å². The predicted octanol–water partition coefficient (Wildman–Crippen LogP) is 2.10. The van der Waals surface area contributed by atoms with Crippen LogP contribution in [0.5, 0.6) is 0 Å². The zero-order valence-corrected chi connectivity index (χ0v) is 13.5. The highest BCUT2D eigenvalue weighted by atomic mass is 19.2. The molecule has 0 radical (unpaired) electrons. The van der Waals surface area contributed by atoms with Crippen molar-refractivity contribution in [3.63, 3.8) is 0 Å². The van der Waals surface area contributed by atoms with E-state index in [1.165, 1.54) is 6.07 Å². The minimum absolute atomic E-state index is 0.0445. The maximum atomic E-state index is 13.3. The summed E-state index contributed by atoms with van der Waals surface area (Å²) in [5.74, 6) is -2.09. The summed E-state index contributed by atoms with van der Waals surface area (Å²) < 4.78 is 26.2. The lowest BCUT2D eigenvalue weighted by Gasteiger charge is -2.11. The molecule has 1 aliphatic rings. The largest absolute Gasteiger partial charge is 0.353 e. The first-order valence-electron chi connectivity index (χ1n) is 8.23. The topological polar surface area (TPSA) is 87.7 Å². The van der Waals surface area contributed by atoms with Crippen LogP contribution in [0.1, 0.15) is 37.8 Å². The predicted molar refractivity (Wildman–Crippen MR) is 86.7 cm³/mol. The molecule has 0 aliphatic heterocycles. The molecule has 1 amide bonds. The molecule has 0 saturated heterocycles. The first-order chi connectivity index (χ1) is 12.0. The monoisotopic (exact) mass is 348 g/mol. The summed E-state index contributed by atoms with van der Waals surface area (Å²) in [6.45, 7) is 0. The molecule has 2 aromatic rings. The zero-order chi connectivity index (χ0) is 17.8. The van der Waals surface area contributed by atoms with Gasteiger partial charge in [-0.2, -0.15) is 0 Å². The van der Waals surface area contributed by atoms with Crippen molar-refractivity contribution in [1.82, 2.24) is 20.5 Å². The Bertz CT molecular complexity index is 832. The Kier molecular flexibility index (Phi) is 5.16. The van der Waals surface area contributed by atoms with Crippen molar-refractivity contribution < 1.29 is 13.6 Å². The number of aromatic nitrogens is 3. The van der Waals surface area contributed by atoms with E-state index in [2.05, 4.69) is 20.5 Å². The number of hydrogen-bond donors (Lipinski definition) is 2. The van der Waals surface area contributed by atoms with Crippen LogP contribution in [-0.2, 0) is 11.2 Å². The molecule has 1 aliphatic carbocycles. The molecule has 0 spiro atoms. The Hall–Kier alpha value is -2.64. The second-order valence-electron chi connectivity index (χ2n) is 6.13. The number of aromatic amines is 1. The quantitative estimate of drug-likeness (QED) is 0.866. The van der Waals surface area contributed by atoms with Gasteiger partial charge in [-0.3, -0.25) is 9.59 Å². The van der Waals surface area contributed by atoms with Crippen LogP contribution >= 0.6 is 0 Å². The molecular formula is C17H18F2N4O2. The number of rotatable bonds is 5. The summed E-state index contributed by atoms with van der Waals surface area (Å²) >= 11 is 0. The van der Waals surface area contributed by atoms with E-state index in [0.717, 1.165) is 37.8 Å². The van der Waals surface area contributed by atoms with Gasteiger partial charge >= 0.3 is 0 Å². The van der Waals surface area contributed by atoms with Gasteiger partial charge in [0.2, 0.25) is 5.91 Å². The van der Waals surface area contributed by atoms with E-state index in [9.17, 15) is 18.4 Å². The summed E-state index contributed by atoms with van der Waals surface area (Å²) in [4.78, 5) is 26.4. The van der Waals surface area contributed by atoms with Gasteiger partial charge in [0, 0.05) is 24.4 Å². The van der Waals surface area contributed by atoms with Crippen molar-refractivity contribution >= 4 is 5.91 Å². The smallest absolute Gasteiger partial charge is 0.273 e. The Balaban J connectivity index is 1.64. The molecule has 0 unspecified atom stereocenters. The lowest BCUT2D eigenvalue weighted by molar-refractivity contribution is -0.121. The number of carbonyl (C=O) groups excluding carboxylic acids is 1. The fraction of sp³-hybridized carbons (Fsp3) is 0.412. The van der Waals surface area contributed by atoms with Crippen molar-refractivity contribution in [3.8, 4) is 11.4 Å². The molecule has 2 N–H and O–H groups in total. The van der Waals surface area contributed by atoms with Crippen molar-refractivity contribution in [3.05, 3.63) is 45.9 Å². The van der Waals surface area contributed by atoms with Gasteiger partial charge in [-0.1, -0.05) is 12.8 Å². The second-order valence-corrected chi connectivity index (χ2v) is 6.13. The molecule has 0 bridgehead atoms. The average Bonchev–Trinajstić information content (AvgIpc) is 3.09. The van der Waals surface area contributed by atoms with E-state index in [-0.39, 0.29) is 41.9 Å². The third kappa shape index (κ3) is 4.26. The van der Waals surface area contributed by atoms with Crippen LogP contribution < -0.4 is 10.9 Å². The first kappa shape index (κ1) is 17.2. The first-order valence-corrected chi connectivity index (χ1v) is 8.23. The summed E-state index contributed by atoms with van der Waals surface area (Å²) in [5.41, 5.74) is -0.148. The Morgan fingerprint density at radius 1 is 1.20 bits per heavy atom. The zero-order valence-electron chi connectivity index (χ0n) is 13.5. The molecular weight excluding hydrogens is 330 g/mol. The molecule has 25 heavy (non-hydrogen) atoms. The molecule has 6 nitrogen and oxygen atoms in total. The van der Waals surface area contributed by atoms with Crippen LogP contribution in [0.4, 0.5) is 8.78 Å². The van der Waals surface area contributed by atoms with Crippen molar-refractivity contribution in [2.75, 3.05) is 0 Å². The maximum absolute atomic E-state index is 13.3. The van der Waals surface area contributed by atoms with Gasteiger partial charge in [0.15, 0.2) is 17.5 Å². The van der Waals surface area contributed by atoms with Gasteiger partial charge in [0.25, 0.3) is 5.56 Å². The minimum Gasteiger partial charge on any atom is -0.353 e. The summed E-state index contributed by atoms with van der Waals surface area (Å²) in [7, 11) is 0. The van der Waals surface area contributed by atoms with E-state index in [1.807, 2.05) is 0 Å². The fourth-order valence-corrected chi connectivity index (χ4v) is 2.90. The van der Waals surface area contributed by atoms with Gasteiger partial charge in [0.1, 0.15) is 5.69 Å². The standard InChI is InChI=1S/C17H18F2N4O2/c18-12-6-5-10(9-13(12)19)16-21-17(25)14(22-23-16)7-8-15(24)20-11-3-1-2-4-11/h5-6,9,11H,1-4,7-8H2,(H,20,24)(H,21,23,25). The summed E-state index contributed by atoms with van der Waals surface area (Å²) in [6.07, 6.45) is 4.56. The van der Waals surface area contributed by atoms with E-state index in [1.54, 1.807) is 0 Å². The molecule has 8 heteroatoms. The van der Waals surface area contributed by atoms with Crippen LogP contribution in [0.2, 0.25) is 0 Å². The number of benzene rings is 1. The third-order valence-corrected chi connectivity index (χ3v) is 4.27. The van der Waals surface area contributed by atoms with E-state index >= 15 is 0 Å². The Labute approximate surface area is 142 Å². The normalized spacial score (nSPS) is 14.6. The lowest BCUT2D eigenvalue weighted by Crippen LogP contribution is -2.33. The molecule has 0 atom stereocenters. The number of nitrogens with zero attached hydrogens (tertiary/aromatic N) is 2. The SMILES string of the molecule is O=C(CCc1nnc(-c2ccc(F)c(F)c2)[nH]c1=O)NC1CCCC1. The van der Waals surface area contributed by atoms with Crippen molar-refractivity contribution in [1.29, 1.82) is 0 Å². The Morgan fingerprint density at radius 3 is 2.64 bits per heavy atom. The lowest BCUT2D eigenvalue weighted by atomic mass is 10.2. The molecule has 1 saturated carbocycles. The number of halogens is 2. The van der Waals surface area contributed by atoms with Gasteiger partial charge < -0.3 is 10.3 Å². The van der Waals surface area contributed by atoms with Gasteiger partial charge in [-0.15, -0.1) is 10.2 Å². The highest BCUT2D eigenvalue weighted by Gasteiger charge is 2.17. The second kappa shape index (κ2) is 7.50. The number of hydrogen-bond acceptors (Lipinski definition) is 4. The minimum atomic E-state index is -1.03. The van der Waals surface area contributed by atoms with E-state index in [0.29, 0.717) is 0 Å². The molecule has 3 rings (SSSR count). The van der Waals surface area contributed by atoms with Crippen LogP contribution in [0.3, 0.4) is 0 Å². The highest BCUT2D eigenvalue weighted by Crippen LogP contribution is 2.18. The van der Waals surface area contributed by atoms with Gasteiger partial charge in [-0.25, -0.2) is 8.78 Å². The number of carbonyl (C=O) groups is 1. The molecule has 1 heterocycles. The molecule has 132 valence electrons. The van der Waals surface area contributed by atoms with E-state index < -0.39 is 17.2 Å². The van der Waals surface area contributed by atoms with Crippen LogP contribution in [-0.4, -0.2) is 27.1 Å². The highest BCUT2D eigenvalue weighted by molar-refractivity contribution is 5.76. The summed E-state index contributed by atoms with van der Waals surface area (Å²) in [6, 6.07) is 3.41. The van der Waals surface area contributed by atoms with Crippen molar-refractivity contribution in [2.45, 2.75) is 44.6 Å². The van der Waals surface area contributed by atoms with Crippen LogP contribution in [0.15, 0.2) is 23.0 Å². The van der Waals surface area contributed by atoms with Gasteiger partial charge in [0.05, 0.1) is 0 Å².